The molecule has 0 aliphatic carbocycles. The van der Waals surface area contributed by atoms with E-state index in [-0.39, 0.29) is 65.5 Å². The molecule has 0 saturated heterocycles. The topological polar surface area (TPSA) is 20.8 Å². The molecule has 0 saturated carbocycles. The van der Waals surface area contributed by atoms with E-state index in [0.717, 1.165) is 165 Å². The Morgan fingerprint density at radius 3 is 1.09 bits per heavy atom. The Balaban J connectivity index is 0.993. The van der Waals surface area contributed by atoms with E-state index < -0.39 is 108 Å². The van der Waals surface area contributed by atoms with Crippen molar-refractivity contribution in [2.45, 2.75) is 105 Å². The van der Waals surface area contributed by atoms with Crippen LogP contribution in [0.1, 0.15) is 126 Å². The second kappa shape index (κ2) is 26.0. The van der Waals surface area contributed by atoms with Gasteiger partial charge in [-0.05, 0) is 185 Å². The van der Waals surface area contributed by atoms with Crippen molar-refractivity contribution >= 4 is 139 Å². The molecular weight excluding hydrogens is 1430 g/mol. The lowest BCUT2D eigenvalue weighted by atomic mass is 9.33. The Kier molecular flexibility index (Phi) is 12.5. The zero-order valence-corrected chi connectivity index (χ0v) is 68.0. The number of para-hydroxylation sites is 3. The van der Waals surface area contributed by atoms with Crippen LogP contribution in [-0.2, 0) is 21.7 Å². The average Bonchev–Trinajstić information content (AvgIpc) is 1.54. The fourth-order valence-corrected chi connectivity index (χ4v) is 18.9. The number of hydrogen-bond donors (Lipinski definition) is 0. The molecule has 0 N–H and O–H groups in total. The first-order valence-electron chi connectivity index (χ1n) is 48.3. The second-order valence-corrected chi connectivity index (χ2v) is 36.1. The molecule has 6 heteroatoms. The SMILES string of the molecule is [2H]c1c([2H])c([2H])c2c(c1[2H])c1c([2H])c(-n3c4c([2H])c([2H])c([2H])c([2H])c4c4c([2H])c([2H])c([2H])c([2H])c43)c([2H])c([2H])c1n2-c1ccc2c(c1)N(c1c(-c3ccccc3)cc(C(C)(C)C)cc1-c1ccccc1)c1c3c(c4c5ccc(C(C)(C)C)cc5n5c6cc(C(C)(C)C)ccc6c1c45)N(c1c(-c4ccccc4)cc(C(C)(C)C)cc1-c1ccccc1)c1ccc(-c4ccccc4)cc1B23. The van der Waals surface area contributed by atoms with Crippen LogP contribution in [0.5, 0.6) is 0 Å². The molecule has 22 rings (SSSR count). The van der Waals surface area contributed by atoms with Crippen molar-refractivity contribution in [3.05, 3.63) is 362 Å². The number of anilines is 6. The molecular formula is C112H92BN5. The Labute approximate surface area is 712 Å². The molecule has 118 heavy (non-hydrogen) atoms. The van der Waals surface area contributed by atoms with E-state index in [9.17, 15) is 15.1 Å². The molecule has 16 aromatic carbocycles. The Morgan fingerprint density at radius 2 is 0.661 bits per heavy atom. The summed E-state index contributed by atoms with van der Waals surface area (Å²) in [7, 11) is 0. The lowest BCUT2D eigenvalue weighted by Crippen LogP contribution is -2.61. The van der Waals surface area contributed by atoms with Crippen LogP contribution in [0.15, 0.2) is 339 Å². The molecule has 0 amide bonds. The number of fused-ring (bicyclic) bond motifs is 18. The summed E-state index contributed by atoms with van der Waals surface area (Å²) in [5.74, 6) is 0. The van der Waals surface area contributed by atoms with Crippen LogP contribution in [-0.4, -0.2) is 20.2 Å². The van der Waals surface area contributed by atoms with Crippen molar-refractivity contribution in [1.82, 2.24) is 13.5 Å². The minimum Gasteiger partial charge on any atom is -0.309 e. The molecule has 568 valence electrons. The number of nitrogens with zero attached hydrogens (tertiary/aromatic N) is 5. The molecule has 2 aliphatic heterocycles. The predicted octanol–water partition coefficient (Wildman–Crippen LogP) is 28.6. The van der Waals surface area contributed by atoms with Crippen LogP contribution < -0.4 is 26.2 Å². The van der Waals surface area contributed by atoms with E-state index in [1.807, 2.05) is 24.3 Å². The van der Waals surface area contributed by atoms with Gasteiger partial charge < -0.3 is 23.3 Å². The summed E-state index contributed by atoms with van der Waals surface area (Å²) in [6.07, 6.45) is 0. The summed E-state index contributed by atoms with van der Waals surface area (Å²) in [5.41, 5.74) is 22.3. The molecule has 0 fully saturated rings. The molecule has 2 aliphatic rings. The molecule has 20 aromatic rings. The highest BCUT2D eigenvalue weighted by Gasteiger charge is 2.49. The minimum absolute atomic E-state index is 0.143. The van der Waals surface area contributed by atoms with Crippen LogP contribution in [0, 0.1) is 0 Å². The van der Waals surface area contributed by atoms with Crippen LogP contribution in [0.3, 0.4) is 0 Å². The van der Waals surface area contributed by atoms with E-state index in [0.29, 0.717) is 5.69 Å². The van der Waals surface area contributed by atoms with E-state index in [4.69, 9.17) is 5.48 Å². The van der Waals surface area contributed by atoms with Crippen LogP contribution >= 0.6 is 0 Å². The van der Waals surface area contributed by atoms with Gasteiger partial charge in [0.2, 0.25) is 0 Å². The van der Waals surface area contributed by atoms with Gasteiger partial charge in [-0.2, -0.15) is 0 Å². The largest absolute Gasteiger partial charge is 0.309 e. The zero-order valence-electron chi connectivity index (χ0n) is 83.0. The third-order valence-electron chi connectivity index (χ3n) is 24.8. The first-order chi connectivity index (χ1) is 63.4. The lowest BCUT2D eigenvalue weighted by Gasteiger charge is -2.46. The number of rotatable bonds is 9. The van der Waals surface area contributed by atoms with Gasteiger partial charge in [-0.15, -0.1) is 0 Å². The lowest BCUT2D eigenvalue weighted by molar-refractivity contribution is 0.590. The predicted molar refractivity (Wildman–Crippen MR) is 506 cm³/mol. The second-order valence-electron chi connectivity index (χ2n) is 36.1. The summed E-state index contributed by atoms with van der Waals surface area (Å²) in [5, 5.41) is 2.98. The van der Waals surface area contributed by atoms with Crippen molar-refractivity contribution in [1.29, 1.82) is 0 Å². The minimum atomic E-state index is -0.731. The molecule has 6 heterocycles. The number of hydrogen-bond acceptors (Lipinski definition) is 2. The summed E-state index contributed by atoms with van der Waals surface area (Å²) >= 11 is 0. The zero-order chi connectivity index (χ0) is 93.2. The summed E-state index contributed by atoms with van der Waals surface area (Å²) < 4.78 is 152. The number of aromatic nitrogens is 3. The number of benzene rings is 16. The highest BCUT2D eigenvalue weighted by atomic mass is 15.2. The highest BCUT2D eigenvalue weighted by molar-refractivity contribution is 7.01. The molecule has 5 nitrogen and oxygen atoms in total. The van der Waals surface area contributed by atoms with Gasteiger partial charge in [0.15, 0.2) is 0 Å². The average molecular weight is 1530 g/mol. The van der Waals surface area contributed by atoms with Gasteiger partial charge in [0, 0.05) is 88.1 Å². The van der Waals surface area contributed by atoms with Crippen LogP contribution in [0.4, 0.5) is 34.1 Å². The van der Waals surface area contributed by atoms with Crippen LogP contribution in [0.2, 0.25) is 0 Å². The normalized spacial score (nSPS) is 15.0. The molecule has 0 bridgehead atoms. The standard InChI is InChI=1S/C112H92BN5/c1-109(2,3)75-51-55-84-98(65-75)116-99-66-76(110(4,5)6)52-56-85(99)102-106(116)101(84)107-103-108(102)118(105-88(72-40-24-16-25-41-72)63-78(112(10,11)12)64-89(105)73-42-26-17-27-43-73)100-68-80(115-95-49-33-30-46-83(95)90-67-79(54-59-96(90)115)114-93-47-31-28-44-81(93)82-45-29-32-48-94(82)114)53-57-91(100)113(103)92-60-74(69-34-18-13-19-35-69)50-58-97(92)117(107)104-86(70-36-20-14-21-37-70)61-77(111(7,8)9)62-87(104)71-38-22-15-23-39-71/h13-68H,1-12H3/i28D,29D,30D,31D,32D,33D,44D,45D,46D,47D,48D,49D,54D,59D,67D. The summed E-state index contributed by atoms with van der Waals surface area (Å²) in [4.78, 5) is 5.13. The maximum Gasteiger partial charge on any atom is 0.252 e. The van der Waals surface area contributed by atoms with Crippen molar-refractivity contribution in [3.63, 3.8) is 0 Å². The summed E-state index contributed by atoms with van der Waals surface area (Å²) in [6.45, 7) is 26.5. The Morgan fingerprint density at radius 1 is 0.271 bits per heavy atom. The third kappa shape index (κ3) is 10.8. The maximum atomic E-state index is 10.9. The molecule has 0 radical (unpaired) electrons. The smallest absolute Gasteiger partial charge is 0.252 e. The van der Waals surface area contributed by atoms with Gasteiger partial charge in [-0.3, -0.25) is 0 Å². The molecule has 0 atom stereocenters. The van der Waals surface area contributed by atoms with Gasteiger partial charge in [0.25, 0.3) is 6.71 Å². The first-order valence-corrected chi connectivity index (χ1v) is 40.8. The van der Waals surface area contributed by atoms with Crippen LogP contribution in [0.25, 0.3) is 149 Å². The quantitative estimate of drug-likeness (QED) is 0.134. The van der Waals surface area contributed by atoms with Crippen molar-refractivity contribution in [2.75, 3.05) is 9.80 Å². The Bertz CT molecular complexity index is 8270. The van der Waals surface area contributed by atoms with Gasteiger partial charge >= 0.3 is 0 Å². The third-order valence-corrected chi connectivity index (χ3v) is 24.8. The highest BCUT2D eigenvalue weighted by Crippen LogP contribution is 2.60. The van der Waals surface area contributed by atoms with E-state index in [2.05, 4.69) is 322 Å². The molecule has 0 spiro atoms. The summed E-state index contributed by atoms with van der Waals surface area (Å²) in [6, 6.07) is 80.1. The van der Waals surface area contributed by atoms with Crippen molar-refractivity contribution in [3.8, 4) is 67.0 Å². The molecule has 4 aromatic heterocycles. The van der Waals surface area contributed by atoms with E-state index in [1.54, 1.807) is 4.57 Å². The van der Waals surface area contributed by atoms with Gasteiger partial charge in [0.1, 0.15) is 0 Å². The van der Waals surface area contributed by atoms with Gasteiger partial charge in [-0.1, -0.05) is 332 Å². The fourth-order valence-electron chi connectivity index (χ4n) is 18.9. The van der Waals surface area contributed by atoms with E-state index >= 15 is 0 Å². The van der Waals surface area contributed by atoms with Crippen molar-refractivity contribution in [2.24, 2.45) is 0 Å². The molecule has 0 unspecified atom stereocenters. The fraction of sp³-hybridized carbons (Fsp3) is 0.143. The monoisotopic (exact) mass is 1530 g/mol. The van der Waals surface area contributed by atoms with Crippen molar-refractivity contribution < 1.29 is 20.6 Å². The maximum absolute atomic E-state index is 10.9. The van der Waals surface area contributed by atoms with E-state index in [1.165, 1.54) is 0 Å². The first kappa shape index (κ1) is 56.8. The van der Waals surface area contributed by atoms with Gasteiger partial charge in [-0.25, -0.2) is 0 Å². The van der Waals surface area contributed by atoms with Gasteiger partial charge in [0.05, 0.1) is 81.9 Å². The Hall–Kier alpha value is -13.4.